The lowest BCUT2D eigenvalue weighted by atomic mass is 10.1. The lowest BCUT2D eigenvalue weighted by Crippen LogP contribution is -2.50. The minimum absolute atomic E-state index is 0.422. The molecular formula is C14H20N2O4S. The van der Waals surface area contributed by atoms with Crippen molar-refractivity contribution < 1.29 is 19.1 Å². The first-order valence-corrected chi connectivity index (χ1v) is 7.30. The Bertz CT molecular complexity index is 545. The summed E-state index contributed by atoms with van der Waals surface area (Å²) in [6.45, 7) is 8.66. The molecule has 1 aromatic rings. The molecule has 3 amide bonds. The molecule has 116 valence electrons. The molecule has 0 aliphatic carbocycles. The van der Waals surface area contributed by atoms with E-state index in [9.17, 15) is 14.4 Å². The van der Waals surface area contributed by atoms with Crippen molar-refractivity contribution >= 4 is 29.2 Å². The zero-order valence-electron chi connectivity index (χ0n) is 12.8. The zero-order valence-corrected chi connectivity index (χ0v) is 13.6. The average Bonchev–Trinajstić information content (AvgIpc) is 2.73. The number of rotatable bonds is 3. The van der Waals surface area contributed by atoms with Gasteiger partial charge in [-0.3, -0.25) is 10.1 Å². The second-order valence-electron chi connectivity index (χ2n) is 5.65. The van der Waals surface area contributed by atoms with Crippen LogP contribution in [0.4, 0.5) is 4.79 Å². The lowest BCUT2D eigenvalue weighted by Gasteiger charge is -2.21. The van der Waals surface area contributed by atoms with Crippen molar-refractivity contribution in [3.63, 3.8) is 0 Å². The van der Waals surface area contributed by atoms with Crippen LogP contribution in [0.1, 0.15) is 42.2 Å². The molecule has 0 aromatic carbocycles. The van der Waals surface area contributed by atoms with E-state index < -0.39 is 29.6 Å². The highest BCUT2D eigenvalue weighted by Gasteiger charge is 2.23. The van der Waals surface area contributed by atoms with E-state index in [1.807, 2.05) is 6.92 Å². The van der Waals surface area contributed by atoms with Gasteiger partial charge in [-0.1, -0.05) is 0 Å². The molecule has 1 atom stereocenters. The van der Waals surface area contributed by atoms with Crippen molar-refractivity contribution in [2.24, 2.45) is 0 Å². The Morgan fingerprint density at radius 1 is 1.24 bits per heavy atom. The molecule has 0 aliphatic rings. The molecule has 0 saturated heterocycles. The van der Waals surface area contributed by atoms with E-state index >= 15 is 0 Å². The highest BCUT2D eigenvalue weighted by molar-refractivity contribution is 7.13. The summed E-state index contributed by atoms with van der Waals surface area (Å²) in [5, 5.41) is 4.72. The van der Waals surface area contributed by atoms with Gasteiger partial charge in [-0.15, -0.1) is 11.3 Å². The number of esters is 1. The van der Waals surface area contributed by atoms with Gasteiger partial charge in [0, 0.05) is 10.4 Å². The standard InChI is InChI=1S/C14H20N2O4S/c1-8-6-7-10(21-8)12(18)20-9(2)11(17)15-13(19)16-14(3,4)5/h6-7,9H,1-5H3,(H2,15,16,17,19). The number of hydrogen-bond acceptors (Lipinski definition) is 5. The molecule has 1 rings (SSSR count). The first kappa shape index (κ1) is 17.2. The van der Waals surface area contributed by atoms with Crippen LogP contribution in [0.15, 0.2) is 12.1 Å². The maximum absolute atomic E-state index is 11.8. The molecule has 7 heteroatoms. The number of nitrogens with one attached hydrogen (secondary N) is 2. The van der Waals surface area contributed by atoms with Crippen LogP contribution in [0.5, 0.6) is 0 Å². The first-order valence-electron chi connectivity index (χ1n) is 6.49. The van der Waals surface area contributed by atoms with Crippen molar-refractivity contribution in [1.82, 2.24) is 10.6 Å². The van der Waals surface area contributed by atoms with Crippen LogP contribution in [-0.4, -0.2) is 29.6 Å². The number of thiophene rings is 1. The summed E-state index contributed by atoms with van der Waals surface area (Å²) in [6, 6.07) is 2.81. The average molecular weight is 312 g/mol. The Labute approximate surface area is 127 Å². The predicted octanol–water partition coefficient (Wildman–Crippen LogP) is 2.23. The Morgan fingerprint density at radius 3 is 2.33 bits per heavy atom. The van der Waals surface area contributed by atoms with E-state index in [1.165, 1.54) is 18.3 Å². The number of hydrogen-bond donors (Lipinski definition) is 2. The fourth-order valence-corrected chi connectivity index (χ4v) is 2.15. The topological polar surface area (TPSA) is 84.5 Å². The lowest BCUT2D eigenvalue weighted by molar-refractivity contribution is -0.127. The van der Waals surface area contributed by atoms with Gasteiger partial charge in [0.1, 0.15) is 4.88 Å². The summed E-state index contributed by atoms with van der Waals surface area (Å²) in [6.07, 6.45) is -1.05. The van der Waals surface area contributed by atoms with Gasteiger partial charge in [0.2, 0.25) is 0 Å². The van der Waals surface area contributed by atoms with Crippen LogP contribution in [0, 0.1) is 6.92 Å². The molecule has 0 saturated carbocycles. The third kappa shape index (κ3) is 5.95. The van der Waals surface area contributed by atoms with Gasteiger partial charge in [0.25, 0.3) is 5.91 Å². The summed E-state index contributed by atoms with van der Waals surface area (Å²) in [5.74, 6) is -1.25. The fourth-order valence-electron chi connectivity index (χ4n) is 1.40. The first-order chi connectivity index (χ1) is 9.58. The molecule has 21 heavy (non-hydrogen) atoms. The van der Waals surface area contributed by atoms with E-state index in [2.05, 4.69) is 10.6 Å². The third-order valence-corrected chi connectivity index (χ3v) is 3.30. The molecular weight excluding hydrogens is 292 g/mol. The summed E-state index contributed by atoms with van der Waals surface area (Å²) in [7, 11) is 0. The van der Waals surface area contributed by atoms with Crippen molar-refractivity contribution in [3.05, 3.63) is 21.9 Å². The molecule has 2 N–H and O–H groups in total. The van der Waals surface area contributed by atoms with E-state index in [1.54, 1.807) is 32.9 Å². The quantitative estimate of drug-likeness (QED) is 0.838. The number of imide groups is 1. The number of urea groups is 1. The molecule has 0 bridgehead atoms. The van der Waals surface area contributed by atoms with Gasteiger partial charge < -0.3 is 10.1 Å². The third-order valence-electron chi connectivity index (χ3n) is 2.32. The number of carbonyl (C=O) groups is 3. The van der Waals surface area contributed by atoms with E-state index in [4.69, 9.17) is 4.74 Å². The molecule has 0 radical (unpaired) electrons. The van der Waals surface area contributed by atoms with E-state index in [0.717, 1.165) is 4.88 Å². The smallest absolute Gasteiger partial charge is 0.349 e. The van der Waals surface area contributed by atoms with E-state index in [0.29, 0.717) is 4.88 Å². The predicted molar refractivity (Wildman–Crippen MR) is 80.4 cm³/mol. The molecule has 1 unspecified atom stereocenters. The van der Waals surface area contributed by atoms with Crippen molar-refractivity contribution in [2.45, 2.75) is 46.3 Å². The Kier molecular flexibility index (Phi) is 5.48. The molecule has 1 aromatic heterocycles. The van der Waals surface area contributed by atoms with Gasteiger partial charge in [-0.05, 0) is 46.8 Å². The fraction of sp³-hybridized carbons (Fsp3) is 0.500. The summed E-state index contributed by atoms with van der Waals surface area (Å²) in [4.78, 5) is 36.5. The molecule has 1 heterocycles. The Morgan fingerprint density at radius 2 is 1.86 bits per heavy atom. The summed E-state index contributed by atoms with van der Waals surface area (Å²) >= 11 is 1.29. The normalized spacial score (nSPS) is 12.4. The van der Waals surface area contributed by atoms with E-state index in [-0.39, 0.29) is 0 Å². The minimum Gasteiger partial charge on any atom is -0.448 e. The van der Waals surface area contributed by atoms with Gasteiger partial charge in [0.15, 0.2) is 6.10 Å². The molecule has 0 fully saturated rings. The minimum atomic E-state index is -1.05. The van der Waals surface area contributed by atoms with Gasteiger partial charge >= 0.3 is 12.0 Å². The van der Waals surface area contributed by atoms with Crippen LogP contribution in [-0.2, 0) is 9.53 Å². The maximum atomic E-state index is 11.8. The van der Waals surface area contributed by atoms with Gasteiger partial charge in [0.05, 0.1) is 0 Å². The Hall–Kier alpha value is -1.89. The van der Waals surface area contributed by atoms with Crippen molar-refractivity contribution in [3.8, 4) is 0 Å². The maximum Gasteiger partial charge on any atom is 0.349 e. The van der Waals surface area contributed by atoms with Crippen molar-refractivity contribution in [1.29, 1.82) is 0 Å². The Balaban J connectivity index is 2.51. The number of ether oxygens (including phenoxy) is 1. The second kappa shape index (κ2) is 6.71. The van der Waals surface area contributed by atoms with Crippen LogP contribution >= 0.6 is 11.3 Å². The number of carbonyl (C=O) groups excluding carboxylic acids is 3. The highest BCUT2D eigenvalue weighted by atomic mass is 32.1. The van der Waals surface area contributed by atoms with Crippen LogP contribution in [0.2, 0.25) is 0 Å². The number of aryl methyl sites for hydroxylation is 1. The molecule has 6 nitrogen and oxygen atoms in total. The number of amides is 3. The van der Waals surface area contributed by atoms with Crippen molar-refractivity contribution in [2.75, 3.05) is 0 Å². The molecule has 0 aliphatic heterocycles. The zero-order chi connectivity index (χ0) is 16.2. The monoisotopic (exact) mass is 312 g/mol. The van der Waals surface area contributed by atoms with Gasteiger partial charge in [-0.2, -0.15) is 0 Å². The van der Waals surface area contributed by atoms with Crippen LogP contribution < -0.4 is 10.6 Å². The van der Waals surface area contributed by atoms with Crippen LogP contribution in [0.25, 0.3) is 0 Å². The summed E-state index contributed by atoms with van der Waals surface area (Å²) in [5.41, 5.74) is -0.460. The van der Waals surface area contributed by atoms with Gasteiger partial charge in [-0.25, -0.2) is 9.59 Å². The SMILES string of the molecule is Cc1ccc(C(=O)OC(C)C(=O)NC(=O)NC(C)(C)C)s1. The second-order valence-corrected chi connectivity index (χ2v) is 6.94. The largest absolute Gasteiger partial charge is 0.448 e. The highest BCUT2D eigenvalue weighted by Crippen LogP contribution is 2.16. The summed E-state index contributed by atoms with van der Waals surface area (Å²) < 4.78 is 5.02. The van der Waals surface area contributed by atoms with Crippen LogP contribution in [0.3, 0.4) is 0 Å². The molecule has 0 spiro atoms.